The summed E-state index contributed by atoms with van der Waals surface area (Å²) in [6, 6.07) is 8.06. The first-order valence-electron chi connectivity index (χ1n) is 8.27. The maximum atomic E-state index is 5.77. The van der Waals surface area contributed by atoms with Gasteiger partial charge in [0.15, 0.2) is 5.65 Å². The van der Waals surface area contributed by atoms with Crippen molar-refractivity contribution >= 4 is 16.9 Å². The number of rotatable bonds is 1. The molecule has 0 unspecified atom stereocenters. The van der Waals surface area contributed by atoms with E-state index < -0.39 is 0 Å². The van der Waals surface area contributed by atoms with Crippen LogP contribution >= 0.6 is 0 Å². The van der Waals surface area contributed by atoms with Crippen molar-refractivity contribution in [3.05, 3.63) is 42.4 Å². The molecule has 0 bridgehead atoms. The first kappa shape index (κ1) is 15.5. The standard InChI is InChI=1S/C12H11N5.C6H12/c1-8-3-2-4-9(5-8)17-12-10(6-16-17)11(13)14-7-15-12;1-2-4-6-5-3-1/h2-7H,1H3,(H2,13,14,15);1-6H2. The largest absolute Gasteiger partial charge is 0.383 e. The molecule has 0 radical (unpaired) electrons. The highest BCUT2D eigenvalue weighted by atomic mass is 15.3. The Morgan fingerprint density at radius 1 is 1.00 bits per heavy atom. The molecular formula is C18H23N5. The molecule has 120 valence electrons. The highest BCUT2D eigenvalue weighted by molar-refractivity contribution is 5.85. The summed E-state index contributed by atoms with van der Waals surface area (Å²) in [4.78, 5) is 8.16. The van der Waals surface area contributed by atoms with Gasteiger partial charge in [-0.3, -0.25) is 0 Å². The third kappa shape index (κ3) is 3.67. The lowest BCUT2D eigenvalue weighted by Gasteiger charge is -2.05. The number of nitrogens with zero attached hydrogens (tertiary/aromatic N) is 4. The van der Waals surface area contributed by atoms with Gasteiger partial charge in [-0.1, -0.05) is 50.7 Å². The maximum absolute atomic E-state index is 5.77. The van der Waals surface area contributed by atoms with Crippen LogP contribution in [0.2, 0.25) is 0 Å². The summed E-state index contributed by atoms with van der Waals surface area (Å²) in [5, 5.41) is 5.07. The topological polar surface area (TPSA) is 69.6 Å². The van der Waals surface area contributed by atoms with Crippen LogP contribution in [0.4, 0.5) is 5.82 Å². The molecule has 4 rings (SSSR count). The van der Waals surface area contributed by atoms with E-state index in [1.54, 1.807) is 10.9 Å². The lowest BCUT2D eigenvalue weighted by Crippen LogP contribution is -1.99. The summed E-state index contributed by atoms with van der Waals surface area (Å²) in [5.74, 6) is 0.453. The van der Waals surface area contributed by atoms with Crippen molar-refractivity contribution in [3.8, 4) is 5.69 Å². The Balaban J connectivity index is 0.000000220. The minimum Gasteiger partial charge on any atom is -0.383 e. The Morgan fingerprint density at radius 3 is 2.35 bits per heavy atom. The number of nitrogens with two attached hydrogens (primary N) is 1. The second-order valence-corrected chi connectivity index (χ2v) is 6.01. The molecule has 0 spiro atoms. The van der Waals surface area contributed by atoms with E-state index >= 15 is 0 Å². The van der Waals surface area contributed by atoms with Gasteiger partial charge in [0.05, 0.1) is 17.3 Å². The maximum Gasteiger partial charge on any atom is 0.168 e. The van der Waals surface area contributed by atoms with Crippen molar-refractivity contribution in [1.82, 2.24) is 19.7 Å². The molecule has 1 saturated carbocycles. The molecule has 2 N–H and O–H groups in total. The van der Waals surface area contributed by atoms with E-state index in [0.717, 1.165) is 16.7 Å². The highest BCUT2D eigenvalue weighted by Gasteiger charge is 2.08. The number of hydrogen-bond donors (Lipinski definition) is 1. The van der Waals surface area contributed by atoms with E-state index in [2.05, 4.69) is 15.1 Å². The van der Waals surface area contributed by atoms with Crippen molar-refractivity contribution in [3.63, 3.8) is 0 Å². The summed E-state index contributed by atoms with van der Waals surface area (Å²) in [5.41, 5.74) is 8.64. The highest BCUT2D eigenvalue weighted by Crippen LogP contribution is 2.19. The summed E-state index contributed by atoms with van der Waals surface area (Å²) in [6.45, 7) is 2.04. The van der Waals surface area contributed by atoms with E-state index in [1.807, 2.05) is 31.2 Å². The van der Waals surface area contributed by atoms with Crippen LogP contribution in [0.25, 0.3) is 16.7 Å². The predicted octanol–water partition coefficient (Wildman–Crippen LogP) is 4.05. The van der Waals surface area contributed by atoms with Crippen LogP contribution in [0.1, 0.15) is 44.1 Å². The monoisotopic (exact) mass is 309 g/mol. The van der Waals surface area contributed by atoms with Crippen LogP contribution < -0.4 is 5.73 Å². The van der Waals surface area contributed by atoms with Gasteiger partial charge in [0.25, 0.3) is 0 Å². The van der Waals surface area contributed by atoms with Crippen molar-refractivity contribution in [2.75, 3.05) is 5.73 Å². The van der Waals surface area contributed by atoms with Crippen molar-refractivity contribution in [2.45, 2.75) is 45.4 Å². The first-order chi connectivity index (χ1) is 11.3. The van der Waals surface area contributed by atoms with Gasteiger partial charge in [-0.25, -0.2) is 14.6 Å². The predicted molar refractivity (Wildman–Crippen MR) is 93.5 cm³/mol. The van der Waals surface area contributed by atoms with Crippen LogP contribution in [0.5, 0.6) is 0 Å². The number of anilines is 1. The van der Waals surface area contributed by atoms with E-state index in [4.69, 9.17) is 5.73 Å². The van der Waals surface area contributed by atoms with Gasteiger partial charge in [0, 0.05) is 0 Å². The number of nitrogen functional groups attached to an aromatic ring is 1. The van der Waals surface area contributed by atoms with Gasteiger partial charge in [0.1, 0.15) is 12.1 Å². The van der Waals surface area contributed by atoms with Crippen LogP contribution in [0.15, 0.2) is 36.8 Å². The van der Waals surface area contributed by atoms with Gasteiger partial charge < -0.3 is 5.73 Å². The van der Waals surface area contributed by atoms with Crippen LogP contribution in [0, 0.1) is 6.92 Å². The van der Waals surface area contributed by atoms with Gasteiger partial charge in [0.2, 0.25) is 0 Å². The third-order valence-electron chi connectivity index (χ3n) is 4.14. The van der Waals surface area contributed by atoms with Crippen molar-refractivity contribution < 1.29 is 0 Å². The quantitative estimate of drug-likeness (QED) is 0.736. The molecule has 5 nitrogen and oxygen atoms in total. The zero-order valence-corrected chi connectivity index (χ0v) is 13.6. The van der Waals surface area contributed by atoms with Crippen molar-refractivity contribution in [1.29, 1.82) is 0 Å². The summed E-state index contributed by atoms with van der Waals surface area (Å²) in [6.07, 6.45) is 12.1. The lowest BCUT2D eigenvalue weighted by molar-refractivity contribution is 0.504. The van der Waals surface area contributed by atoms with Crippen LogP contribution in [-0.2, 0) is 0 Å². The Bertz CT molecular complexity index is 762. The molecule has 23 heavy (non-hydrogen) atoms. The molecule has 1 aliphatic carbocycles. The Morgan fingerprint density at radius 2 is 1.70 bits per heavy atom. The molecule has 3 aromatic rings. The van der Waals surface area contributed by atoms with Gasteiger partial charge in [-0.2, -0.15) is 5.10 Å². The molecule has 2 aromatic heterocycles. The fraction of sp³-hybridized carbons (Fsp3) is 0.389. The molecule has 1 aromatic carbocycles. The Labute approximate surface area is 136 Å². The number of hydrogen-bond acceptors (Lipinski definition) is 4. The summed E-state index contributed by atoms with van der Waals surface area (Å²) >= 11 is 0. The van der Waals surface area contributed by atoms with Gasteiger partial charge in [-0.15, -0.1) is 0 Å². The number of aryl methyl sites for hydroxylation is 1. The molecule has 0 aliphatic heterocycles. The SMILES string of the molecule is C1CCCCC1.Cc1cccc(-n2ncc3c(N)ncnc32)c1. The van der Waals surface area contributed by atoms with E-state index in [0.29, 0.717) is 5.82 Å². The molecular weight excluding hydrogens is 286 g/mol. The Kier molecular flexibility index (Phi) is 4.86. The molecule has 0 saturated heterocycles. The average Bonchev–Trinajstić information content (AvgIpc) is 3.03. The fourth-order valence-electron chi connectivity index (χ4n) is 2.87. The smallest absolute Gasteiger partial charge is 0.168 e. The zero-order valence-electron chi connectivity index (χ0n) is 13.6. The fourth-order valence-corrected chi connectivity index (χ4v) is 2.87. The molecule has 2 heterocycles. The summed E-state index contributed by atoms with van der Waals surface area (Å²) < 4.78 is 1.76. The molecule has 0 atom stereocenters. The first-order valence-corrected chi connectivity index (χ1v) is 8.27. The molecule has 1 aliphatic rings. The van der Waals surface area contributed by atoms with Crippen LogP contribution in [-0.4, -0.2) is 19.7 Å². The number of benzene rings is 1. The van der Waals surface area contributed by atoms with E-state index in [-0.39, 0.29) is 0 Å². The molecule has 1 fully saturated rings. The number of aromatic nitrogens is 4. The van der Waals surface area contributed by atoms with Crippen molar-refractivity contribution in [2.24, 2.45) is 0 Å². The minimum atomic E-state index is 0.453. The zero-order chi connectivity index (χ0) is 16.1. The second-order valence-electron chi connectivity index (χ2n) is 6.01. The summed E-state index contributed by atoms with van der Waals surface area (Å²) in [7, 11) is 0. The minimum absolute atomic E-state index is 0.453. The normalized spacial score (nSPS) is 14.3. The van der Waals surface area contributed by atoms with E-state index in [9.17, 15) is 0 Å². The number of fused-ring (bicyclic) bond motifs is 1. The van der Waals surface area contributed by atoms with Gasteiger partial charge in [-0.05, 0) is 24.6 Å². The van der Waals surface area contributed by atoms with Gasteiger partial charge >= 0.3 is 0 Å². The Hall–Kier alpha value is -2.43. The van der Waals surface area contributed by atoms with Crippen LogP contribution in [0.3, 0.4) is 0 Å². The molecule has 0 amide bonds. The van der Waals surface area contributed by atoms with E-state index in [1.165, 1.54) is 50.4 Å². The molecule has 5 heteroatoms. The second kappa shape index (κ2) is 7.22. The third-order valence-corrected chi connectivity index (χ3v) is 4.14. The average molecular weight is 309 g/mol. The lowest BCUT2D eigenvalue weighted by atomic mass is 10.0.